The summed E-state index contributed by atoms with van der Waals surface area (Å²) < 4.78 is 0. The van der Waals surface area contributed by atoms with Crippen LogP contribution in [0.4, 0.5) is 0 Å². The smallest absolute Gasteiger partial charge is 0.333 e. The summed E-state index contributed by atoms with van der Waals surface area (Å²) in [5.41, 5.74) is 8.46. The lowest BCUT2D eigenvalue weighted by Crippen LogP contribution is -2.34. The van der Waals surface area contributed by atoms with E-state index in [-0.39, 0.29) is 44.6 Å². The van der Waals surface area contributed by atoms with Gasteiger partial charge in [0.05, 0.1) is 44.6 Å². The molecule has 472 valence electrons. The normalized spacial score (nSPS) is 22.3. The number of hydrogen-bond acceptors (Lipinski definition) is 16. The van der Waals surface area contributed by atoms with Crippen molar-refractivity contribution in [2.75, 3.05) is 0 Å². The third-order valence-electron chi connectivity index (χ3n) is 19.7. The number of carboxylic acids is 8. The van der Waals surface area contributed by atoms with Gasteiger partial charge in [0.2, 0.25) is 0 Å². The Bertz CT molecular complexity index is 4300. The SMILES string of the molecule is O=C(O)C1=C(C(=O)O)[C@H]2c3ccc4cc3[C@@H]1c1ccc(cc12)SSc1ccc2c(c1)[C@H]1C(C(=O)O)=C(C(=O)O)[C@@H]2c2cc(ccc21)SSc1ccc2c(c1)[C@H]1C(C(=O)O)=C(C(=O)O)[C@@H]2c2cc(ccc21)SSc1ccc2c(c1)[C@H]1C(C(=O)O)=C(C(=O)O)[C@@H]2c2cc(ccc21)SS4. The number of carboxylic acid groups (broad SMARTS) is 8. The van der Waals surface area contributed by atoms with E-state index in [0.29, 0.717) is 89.0 Å². The highest BCUT2D eigenvalue weighted by molar-refractivity contribution is 8.77. The van der Waals surface area contributed by atoms with Crippen molar-refractivity contribution in [1.82, 2.24) is 0 Å². The van der Waals surface area contributed by atoms with Gasteiger partial charge < -0.3 is 40.9 Å². The van der Waals surface area contributed by atoms with Gasteiger partial charge >= 0.3 is 47.8 Å². The van der Waals surface area contributed by atoms with Gasteiger partial charge in [0, 0.05) is 86.5 Å². The molecule has 0 amide bonds. The summed E-state index contributed by atoms with van der Waals surface area (Å²) in [7, 11) is 11.0. The maximum Gasteiger partial charge on any atom is 0.333 e. The van der Waals surface area contributed by atoms with Gasteiger partial charge in [0.15, 0.2) is 0 Å². The Morgan fingerprint density at radius 2 is 0.281 bits per heavy atom. The van der Waals surface area contributed by atoms with E-state index in [1.165, 1.54) is 86.4 Å². The molecule has 8 atom stereocenters. The highest BCUT2D eigenvalue weighted by Crippen LogP contribution is 2.63. The zero-order chi connectivity index (χ0) is 66.3. The van der Waals surface area contributed by atoms with Gasteiger partial charge in [0.25, 0.3) is 0 Å². The van der Waals surface area contributed by atoms with Gasteiger partial charge in [-0.1, -0.05) is 135 Å². The van der Waals surface area contributed by atoms with Crippen molar-refractivity contribution in [1.29, 1.82) is 0 Å². The molecule has 0 saturated heterocycles. The van der Waals surface area contributed by atoms with Gasteiger partial charge in [-0.3, -0.25) is 0 Å². The quantitative estimate of drug-likeness (QED) is 0.0656. The van der Waals surface area contributed by atoms with E-state index < -0.39 is 95.1 Å². The highest BCUT2D eigenvalue weighted by Gasteiger charge is 2.53. The van der Waals surface area contributed by atoms with E-state index in [2.05, 4.69) is 0 Å². The molecule has 8 N–H and O–H groups in total. The van der Waals surface area contributed by atoms with Crippen molar-refractivity contribution in [2.45, 2.75) is 86.5 Å². The van der Waals surface area contributed by atoms with Crippen molar-refractivity contribution < 1.29 is 79.2 Å². The first-order valence-electron chi connectivity index (χ1n) is 29.6. The maximum absolute atomic E-state index is 13.3. The Hall–Kier alpha value is -8.72. The van der Waals surface area contributed by atoms with Crippen LogP contribution < -0.4 is 0 Å². The summed E-state index contributed by atoms with van der Waals surface area (Å²) in [6, 6.07) is 44.6. The molecule has 24 heteroatoms. The maximum atomic E-state index is 13.3. The molecule has 0 saturated carbocycles. The predicted octanol–water partition coefficient (Wildman–Crippen LogP) is 15.4. The van der Waals surface area contributed by atoms with Crippen LogP contribution in [0.2, 0.25) is 0 Å². The second-order valence-corrected chi connectivity index (χ2v) is 33.3. The average molecular weight is 1420 g/mol. The van der Waals surface area contributed by atoms with E-state index in [9.17, 15) is 79.2 Å². The molecule has 0 fully saturated rings. The van der Waals surface area contributed by atoms with Crippen LogP contribution in [-0.2, 0) is 38.4 Å². The lowest BCUT2D eigenvalue weighted by atomic mass is 9.61. The fraction of sp³-hybridized carbons (Fsp3) is 0.111. The van der Waals surface area contributed by atoms with Crippen molar-refractivity contribution in [3.63, 3.8) is 0 Å². The molecule has 0 aromatic heterocycles. The third-order valence-corrected chi connectivity index (χ3v) is 29.2. The van der Waals surface area contributed by atoms with Crippen LogP contribution in [0.15, 0.2) is 229 Å². The molecule has 8 aromatic carbocycles. The van der Waals surface area contributed by atoms with Crippen molar-refractivity contribution in [2.24, 2.45) is 0 Å². The van der Waals surface area contributed by atoms with E-state index in [1.54, 1.807) is 0 Å². The molecular formula is C72H40O16S8. The largest absolute Gasteiger partial charge is 0.478 e. The fourth-order valence-electron chi connectivity index (χ4n) is 16.3. The monoisotopic (exact) mass is 1420 g/mol. The first kappa shape index (κ1) is 60.9. The van der Waals surface area contributed by atoms with Gasteiger partial charge in [-0.05, 0) is 186 Å². The molecule has 42 rings (SSSR count). The Morgan fingerprint density at radius 3 is 0.375 bits per heavy atom. The van der Waals surface area contributed by atoms with E-state index in [4.69, 9.17) is 0 Å². The van der Waals surface area contributed by atoms with Gasteiger partial charge in [-0.25, -0.2) is 38.4 Å². The minimum Gasteiger partial charge on any atom is -0.478 e. The summed E-state index contributed by atoms with van der Waals surface area (Å²) in [5.74, 6) is -18.4. The Balaban J connectivity index is 0.768. The van der Waals surface area contributed by atoms with Crippen LogP contribution in [0.3, 0.4) is 0 Å². The first-order valence-corrected chi connectivity index (χ1v) is 38.2. The van der Waals surface area contributed by atoms with Crippen LogP contribution in [0.1, 0.15) is 136 Å². The van der Waals surface area contributed by atoms with Gasteiger partial charge in [-0.15, -0.1) is 0 Å². The van der Waals surface area contributed by atoms with Gasteiger partial charge in [0.1, 0.15) is 0 Å². The molecule has 34 aliphatic rings. The van der Waals surface area contributed by atoms with Crippen LogP contribution in [-0.4, -0.2) is 88.6 Å². The molecule has 96 heavy (non-hydrogen) atoms. The molecule has 22 heterocycles. The minimum absolute atomic E-state index is 0.229. The molecule has 0 radical (unpaired) electrons. The number of hydrogen-bond donors (Lipinski definition) is 8. The van der Waals surface area contributed by atoms with E-state index in [0.717, 1.165) is 39.2 Å². The molecule has 16 nitrogen and oxygen atoms in total. The molecule has 32 bridgehead atoms. The summed E-state index contributed by atoms with van der Waals surface area (Å²) >= 11 is 0. The van der Waals surface area contributed by atoms with Crippen LogP contribution >= 0.6 is 86.4 Å². The zero-order valence-corrected chi connectivity index (χ0v) is 55.1. The summed E-state index contributed by atoms with van der Waals surface area (Å²) in [5, 5.41) is 86.4. The number of rotatable bonds is 8. The summed E-state index contributed by atoms with van der Waals surface area (Å²) in [6.45, 7) is 0. The fourth-order valence-corrected chi connectivity index (χ4v) is 24.3. The molecular weight excluding hydrogens is 1380 g/mol. The first-order chi connectivity index (χ1) is 46.2. The molecule has 22 aliphatic heterocycles. The third kappa shape index (κ3) is 9.01. The Morgan fingerprint density at radius 1 is 0.177 bits per heavy atom. The topological polar surface area (TPSA) is 298 Å². The Labute approximate surface area is 574 Å². The predicted molar refractivity (Wildman–Crippen MR) is 362 cm³/mol. The van der Waals surface area contributed by atoms with Crippen molar-refractivity contribution in [3.8, 4) is 0 Å². The second-order valence-electron chi connectivity index (χ2n) is 24.2. The molecule has 0 spiro atoms. The number of aliphatic carboxylic acids is 8. The summed E-state index contributed by atoms with van der Waals surface area (Å²) in [6.07, 6.45) is 0. The van der Waals surface area contributed by atoms with Crippen LogP contribution in [0, 0.1) is 0 Å². The average Bonchev–Trinajstić information content (AvgIpc) is 0.726. The van der Waals surface area contributed by atoms with Gasteiger partial charge in [-0.2, -0.15) is 0 Å². The lowest BCUT2D eigenvalue weighted by Gasteiger charge is -2.41. The second kappa shape index (κ2) is 22.4. The van der Waals surface area contributed by atoms with Crippen LogP contribution in [0.5, 0.6) is 0 Å². The number of benzene rings is 8. The van der Waals surface area contributed by atoms with E-state index in [1.807, 2.05) is 146 Å². The summed E-state index contributed by atoms with van der Waals surface area (Å²) in [4.78, 5) is 112. The Kier molecular flexibility index (Phi) is 14.2. The molecule has 0 unspecified atom stereocenters. The van der Waals surface area contributed by atoms with E-state index >= 15 is 0 Å². The van der Waals surface area contributed by atoms with Crippen LogP contribution in [0.25, 0.3) is 0 Å². The van der Waals surface area contributed by atoms with Crippen molar-refractivity contribution in [3.05, 3.63) is 279 Å². The zero-order valence-electron chi connectivity index (χ0n) is 48.6. The standard InChI is InChI=1S/C72H40O16S8/c73-65(74)57-49-33-9-1-25-17-41(33)50(58(57)66(75)76)34-11-3-27(19-42(34)49)91-92-28-5-13-37-45(20-28)53-38-14-6-31(23-46(38)54(37)62(70(83)84)61(53)69(81)82)95-96-32-8-16-40-48(24-32)56-39-15-7-30(22-47(39)55(40)63(71(85)86)64(56)72(87)88)94-93-29-4-12-36-44(21-29)52-35-10-2-26(90-89-25)18-43(35)51(36)59(67(77)78)60(52)68(79)80/h1-24,49-56H,(H,73,74)(H,75,76)(H,77,78)(H,79,80)(H,81,82)(H,83,84)(H,85,86)(H,87,88)/t49-,50-,51-,52-,53-,54-,55-,56-/m0/s1. The number of carbonyl (C=O) groups is 8. The molecule has 12 aliphatic carbocycles. The lowest BCUT2D eigenvalue weighted by molar-refractivity contribution is -0.136. The van der Waals surface area contributed by atoms with Crippen molar-refractivity contribution >= 4 is 134 Å². The molecule has 8 aromatic rings. The highest BCUT2D eigenvalue weighted by atomic mass is 33.1. The minimum atomic E-state index is -1.36.